The SMILES string of the molecule is COc1ccc(-c2cc(C(C)(C)O)nn2Cc2ccccc2)cc1C[C@@H]1CCOC1. The van der Waals surface area contributed by atoms with Crippen molar-refractivity contribution in [3.8, 4) is 17.0 Å². The fourth-order valence-corrected chi connectivity index (χ4v) is 3.98. The van der Waals surface area contributed by atoms with Crippen LogP contribution in [-0.4, -0.2) is 35.2 Å². The average molecular weight is 407 g/mol. The standard InChI is InChI=1S/C25H30N2O3/c1-25(2,28)24-15-22(27(26-24)16-18-7-5-4-6-8-18)20-9-10-23(29-3)21(14-20)13-19-11-12-30-17-19/h4-10,14-15,19,28H,11-13,16-17H2,1-3H3/t19-/m0/s1. The van der Waals surface area contributed by atoms with Gasteiger partial charge in [0.1, 0.15) is 11.4 Å². The minimum Gasteiger partial charge on any atom is -0.496 e. The highest BCUT2D eigenvalue weighted by Gasteiger charge is 2.24. The molecule has 1 aliphatic rings. The molecule has 0 amide bonds. The molecular formula is C25H30N2O3. The second-order valence-corrected chi connectivity index (χ2v) is 8.58. The summed E-state index contributed by atoms with van der Waals surface area (Å²) in [5.74, 6) is 1.43. The predicted molar refractivity (Wildman–Crippen MR) is 118 cm³/mol. The largest absolute Gasteiger partial charge is 0.496 e. The Morgan fingerprint density at radius 1 is 1.17 bits per heavy atom. The van der Waals surface area contributed by atoms with Gasteiger partial charge in [-0.1, -0.05) is 30.3 Å². The molecule has 2 aromatic carbocycles. The monoisotopic (exact) mass is 406 g/mol. The first kappa shape index (κ1) is 20.6. The summed E-state index contributed by atoms with van der Waals surface area (Å²) >= 11 is 0. The normalized spacial score (nSPS) is 16.7. The zero-order chi connectivity index (χ0) is 21.1. The van der Waals surface area contributed by atoms with Crippen LogP contribution in [0.3, 0.4) is 0 Å². The summed E-state index contributed by atoms with van der Waals surface area (Å²) in [5.41, 5.74) is 4.07. The van der Waals surface area contributed by atoms with Crippen LogP contribution in [0.15, 0.2) is 54.6 Å². The third kappa shape index (κ3) is 4.58. The number of aromatic nitrogens is 2. The number of nitrogens with zero attached hydrogens (tertiary/aromatic N) is 2. The van der Waals surface area contributed by atoms with Gasteiger partial charge in [0.25, 0.3) is 0 Å². The first-order valence-electron chi connectivity index (χ1n) is 10.5. The van der Waals surface area contributed by atoms with Crippen molar-refractivity contribution in [3.63, 3.8) is 0 Å². The lowest BCUT2D eigenvalue weighted by atomic mass is 9.95. The van der Waals surface area contributed by atoms with Gasteiger partial charge < -0.3 is 14.6 Å². The van der Waals surface area contributed by atoms with E-state index in [0.717, 1.165) is 43.1 Å². The summed E-state index contributed by atoms with van der Waals surface area (Å²) in [6, 6.07) is 18.6. The van der Waals surface area contributed by atoms with E-state index in [-0.39, 0.29) is 0 Å². The van der Waals surface area contributed by atoms with Gasteiger partial charge in [0, 0.05) is 18.8 Å². The lowest BCUT2D eigenvalue weighted by Gasteiger charge is -2.14. The van der Waals surface area contributed by atoms with Crippen molar-refractivity contribution in [2.24, 2.45) is 5.92 Å². The van der Waals surface area contributed by atoms with Gasteiger partial charge in [0.15, 0.2) is 0 Å². The molecule has 0 aliphatic carbocycles. The third-order valence-corrected chi connectivity index (χ3v) is 5.69. The van der Waals surface area contributed by atoms with E-state index in [0.29, 0.717) is 18.2 Å². The van der Waals surface area contributed by atoms with Gasteiger partial charge in [-0.25, -0.2) is 0 Å². The number of ether oxygens (including phenoxy) is 2. The van der Waals surface area contributed by atoms with E-state index < -0.39 is 5.60 Å². The van der Waals surface area contributed by atoms with Gasteiger partial charge in [0.2, 0.25) is 0 Å². The van der Waals surface area contributed by atoms with Gasteiger partial charge in [-0.05, 0) is 68.0 Å². The highest BCUT2D eigenvalue weighted by Crippen LogP contribution is 2.32. The van der Waals surface area contributed by atoms with Gasteiger partial charge >= 0.3 is 0 Å². The molecule has 4 rings (SSSR count). The van der Waals surface area contributed by atoms with Crippen LogP contribution in [-0.2, 0) is 23.3 Å². The second-order valence-electron chi connectivity index (χ2n) is 8.58. The molecule has 1 aliphatic heterocycles. The minimum absolute atomic E-state index is 0.523. The second kappa shape index (κ2) is 8.62. The van der Waals surface area contributed by atoms with Crippen molar-refractivity contribution in [2.75, 3.05) is 20.3 Å². The van der Waals surface area contributed by atoms with Crippen molar-refractivity contribution in [2.45, 2.75) is 38.8 Å². The molecule has 2 heterocycles. The molecule has 1 N–H and O–H groups in total. The Bertz CT molecular complexity index is 983. The summed E-state index contributed by atoms with van der Waals surface area (Å²) in [6.45, 7) is 5.83. The number of rotatable bonds is 7. The summed E-state index contributed by atoms with van der Waals surface area (Å²) in [4.78, 5) is 0. The smallest absolute Gasteiger partial charge is 0.122 e. The Labute approximate surface area is 178 Å². The topological polar surface area (TPSA) is 56.5 Å². The first-order chi connectivity index (χ1) is 14.4. The number of hydrogen-bond acceptors (Lipinski definition) is 4. The van der Waals surface area contributed by atoms with Crippen LogP contribution in [0.4, 0.5) is 0 Å². The maximum atomic E-state index is 10.6. The van der Waals surface area contributed by atoms with E-state index in [2.05, 4.69) is 24.3 Å². The van der Waals surface area contributed by atoms with Crippen LogP contribution in [0.5, 0.6) is 5.75 Å². The van der Waals surface area contributed by atoms with Crippen molar-refractivity contribution >= 4 is 0 Å². The maximum Gasteiger partial charge on any atom is 0.122 e. The molecule has 1 saturated heterocycles. The molecule has 0 unspecified atom stereocenters. The molecule has 5 nitrogen and oxygen atoms in total. The average Bonchev–Trinajstić information content (AvgIpc) is 3.38. The quantitative estimate of drug-likeness (QED) is 0.631. The molecule has 1 aromatic heterocycles. The molecule has 0 radical (unpaired) electrons. The zero-order valence-corrected chi connectivity index (χ0v) is 18.0. The number of benzene rings is 2. The van der Waals surface area contributed by atoms with Crippen LogP contribution in [0.25, 0.3) is 11.3 Å². The third-order valence-electron chi connectivity index (χ3n) is 5.69. The molecule has 5 heteroatoms. The summed E-state index contributed by atoms with van der Waals surface area (Å²) in [7, 11) is 1.72. The Balaban J connectivity index is 1.73. The molecule has 30 heavy (non-hydrogen) atoms. The Kier molecular flexibility index (Phi) is 5.93. The van der Waals surface area contributed by atoms with Crippen molar-refractivity contribution in [3.05, 3.63) is 71.4 Å². The Hall–Kier alpha value is -2.63. The van der Waals surface area contributed by atoms with Crippen molar-refractivity contribution < 1.29 is 14.6 Å². The molecule has 158 valence electrons. The Morgan fingerprint density at radius 3 is 2.63 bits per heavy atom. The zero-order valence-electron chi connectivity index (χ0n) is 18.0. The fourth-order valence-electron chi connectivity index (χ4n) is 3.98. The van der Waals surface area contributed by atoms with E-state index in [9.17, 15) is 5.11 Å². The molecular weight excluding hydrogens is 376 g/mol. The van der Waals surface area contributed by atoms with Crippen molar-refractivity contribution in [1.82, 2.24) is 9.78 Å². The summed E-state index contributed by atoms with van der Waals surface area (Å²) < 4.78 is 13.2. The number of aliphatic hydroxyl groups is 1. The van der Waals surface area contributed by atoms with Crippen LogP contribution < -0.4 is 4.74 Å². The lowest BCUT2D eigenvalue weighted by molar-refractivity contribution is 0.0731. The van der Waals surface area contributed by atoms with E-state index in [4.69, 9.17) is 14.6 Å². The summed E-state index contributed by atoms with van der Waals surface area (Å²) in [6.07, 6.45) is 2.02. The van der Waals surface area contributed by atoms with E-state index in [1.165, 1.54) is 11.1 Å². The molecule has 0 saturated carbocycles. The van der Waals surface area contributed by atoms with Crippen LogP contribution in [0.2, 0.25) is 0 Å². The van der Waals surface area contributed by atoms with Gasteiger partial charge in [-0.15, -0.1) is 0 Å². The van der Waals surface area contributed by atoms with E-state index in [1.54, 1.807) is 21.0 Å². The highest BCUT2D eigenvalue weighted by molar-refractivity contribution is 5.63. The number of methoxy groups -OCH3 is 1. The first-order valence-corrected chi connectivity index (χ1v) is 10.5. The predicted octanol–water partition coefficient (Wildman–Crippen LogP) is 4.41. The van der Waals surface area contributed by atoms with Gasteiger partial charge in [0.05, 0.1) is 25.0 Å². The Morgan fingerprint density at radius 2 is 1.97 bits per heavy atom. The van der Waals surface area contributed by atoms with Crippen LogP contribution in [0, 0.1) is 5.92 Å². The van der Waals surface area contributed by atoms with E-state index >= 15 is 0 Å². The van der Waals surface area contributed by atoms with Gasteiger partial charge in [-0.2, -0.15) is 5.10 Å². The summed E-state index contributed by atoms with van der Waals surface area (Å²) in [5, 5.41) is 15.3. The van der Waals surface area contributed by atoms with Crippen LogP contribution >= 0.6 is 0 Å². The van der Waals surface area contributed by atoms with Gasteiger partial charge in [-0.3, -0.25) is 4.68 Å². The number of hydrogen-bond donors (Lipinski definition) is 1. The van der Waals surface area contributed by atoms with Crippen LogP contribution in [0.1, 0.15) is 37.1 Å². The maximum absolute atomic E-state index is 10.6. The fraction of sp³-hybridized carbons (Fsp3) is 0.400. The highest BCUT2D eigenvalue weighted by atomic mass is 16.5. The molecule has 0 bridgehead atoms. The molecule has 3 aromatic rings. The molecule has 0 spiro atoms. The molecule has 1 fully saturated rings. The molecule has 1 atom stereocenters. The minimum atomic E-state index is -1.01. The van der Waals surface area contributed by atoms with E-state index in [1.807, 2.05) is 35.0 Å². The van der Waals surface area contributed by atoms with Crippen molar-refractivity contribution in [1.29, 1.82) is 0 Å². The lowest BCUT2D eigenvalue weighted by Crippen LogP contribution is -2.17.